The highest BCUT2D eigenvalue weighted by molar-refractivity contribution is 6.32. The minimum absolute atomic E-state index is 0.00920. The lowest BCUT2D eigenvalue weighted by Gasteiger charge is -2.41. The number of hydrogen-bond acceptors (Lipinski definition) is 8. The van der Waals surface area contributed by atoms with E-state index in [-0.39, 0.29) is 51.4 Å². The summed E-state index contributed by atoms with van der Waals surface area (Å²) in [6.45, 7) is 30.8. The molecule has 2 N–H and O–H groups in total. The first-order valence-corrected chi connectivity index (χ1v) is 21.7. The van der Waals surface area contributed by atoms with Gasteiger partial charge in [0, 0.05) is 17.6 Å². The second kappa shape index (κ2) is 20.4. The zero-order chi connectivity index (χ0) is 47.1. The van der Waals surface area contributed by atoms with Crippen LogP contribution in [0, 0.1) is 50.4 Å². The number of aliphatic hydroxyl groups excluding tert-OH is 2. The maximum atomic E-state index is 14.9. The van der Waals surface area contributed by atoms with E-state index >= 15 is 0 Å². The molecule has 63 heavy (non-hydrogen) atoms. The van der Waals surface area contributed by atoms with Gasteiger partial charge >= 0.3 is 0 Å². The second-order valence-electron chi connectivity index (χ2n) is 18.3. The molecule has 2 atom stereocenters. The van der Waals surface area contributed by atoms with E-state index in [9.17, 15) is 39.0 Å². The van der Waals surface area contributed by atoms with Crippen LogP contribution in [0.3, 0.4) is 0 Å². The Bertz CT molecular complexity index is 2220. The zero-order valence-corrected chi connectivity index (χ0v) is 38.5. The van der Waals surface area contributed by atoms with Crippen molar-refractivity contribution in [3.8, 4) is 0 Å². The summed E-state index contributed by atoms with van der Waals surface area (Å²) in [4.78, 5) is 87.9. The molecule has 0 bridgehead atoms. The molecule has 8 nitrogen and oxygen atoms in total. The normalized spacial score (nSPS) is 18.7. The van der Waals surface area contributed by atoms with Gasteiger partial charge in [0.1, 0.15) is 23.4 Å². The highest BCUT2D eigenvalue weighted by atomic mass is 16.3. The fraction of sp³-hybridized carbons (Fsp3) is 0.382. The van der Waals surface area contributed by atoms with Gasteiger partial charge in [0.15, 0.2) is 34.7 Å². The third-order valence-electron chi connectivity index (χ3n) is 12.8. The van der Waals surface area contributed by atoms with Gasteiger partial charge in [-0.25, -0.2) is 0 Å². The molecule has 0 saturated carbocycles. The van der Waals surface area contributed by atoms with Crippen molar-refractivity contribution in [3.63, 3.8) is 0 Å². The second-order valence-corrected chi connectivity index (χ2v) is 18.3. The number of Topliss-reactive ketones (excluding diaryl/α,β-unsaturated/α-hetero) is 4. The number of allylic oxidation sites excluding steroid dienone is 10. The Morgan fingerprint density at radius 3 is 1.11 bits per heavy atom. The first-order chi connectivity index (χ1) is 29.5. The van der Waals surface area contributed by atoms with Crippen molar-refractivity contribution >= 4 is 46.9 Å². The van der Waals surface area contributed by atoms with E-state index in [2.05, 4.69) is 26.3 Å². The summed E-state index contributed by atoms with van der Waals surface area (Å²) in [5.41, 5.74) is 3.78. The number of ketones is 6. The summed E-state index contributed by atoms with van der Waals surface area (Å²) in [5, 5.41) is 24.9. The Morgan fingerprint density at radius 2 is 0.841 bits per heavy atom. The van der Waals surface area contributed by atoms with Gasteiger partial charge in [-0.05, 0) is 152 Å². The van der Waals surface area contributed by atoms with E-state index in [1.54, 1.807) is 27.7 Å². The Hall–Kier alpha value is -6.02. The van der Waals surface area contributed by atoms with Crippen LogP contribution in [-0.2, 0) is 28.8 Å². The minimum atomic E-state index is -1.90. The van der Waals surface area contributed by atoms with Crippen LogP contribution in [0.5, 0.6) is 0 Å². The summed E-state index contributed by atoms with van der Waals surface area (Å²) in [6.07, 6.45) is 5.66. The molecule has 0 saturated heterocycles. The van der Waals surface area contributed by atoms with Crippen molar-refractivity contribution in [2.45, 2.75) is 113 Å². The molecule has 0 fully saturated rings. The number of carbonyl (C=O) groups excluding carboxylic acids is 6. The van der Waals surface area contributed by atoms with Crippen LogP contribution in [0.2, 0.25) is 0 Å². The van der Waals surface area contributed by atoms with Gasteiger partial charge in [0.2, 0.25) is 0 Å². The highest BCUT2D eigenvalue weighted by Gasteiger charge is 2.58. The first kappa shape index (κ1) is 49.6. The molecule has 8 heteroatoms. The van der Waals surface area contributed by atoms with Crippen LogP contribution in [-0.4, -0.2) is 44.9 Å². The average Bonchev–Trinajstić information content (AvgIpc) is 3.20. The molecule has 0 radical (unpaired) electrons. The van der Waals surface area contributed by atoms with Crippen LogP contribution < -0.4 is 0 Å². The number of aryl methyl sites for hydroxylation is 4. The molecule has 4 rings (SSSR count). The molecule has 0 amide bonds. The number of aliphatic hydroxyl groups is 2. The van der Waals surface area contributed by atoms with Gasteiger partial charge in [-0.3, -0.25) is 28.8 Å². The predicted octanol–water partition coefficient (Wildman–Crippen LogP) is 11.7. The topological polar surface area (TPSA) is 143 Å². The number of rotatable bonds is 20. The molecule has 332 valence electrons. The summed E-state index contributed by atoms with van der Waals surface area (Å²) < 4.78 is 0. The lowest BCUT2D eigenvalue weighted by Crippen LogP contribution is -2.51. The highest BCUT2D eigenvalue weighted by Crippen LogP contribution is 2.51. The molecule has 2 aliphatic carbocycles. The Kier molecular flexibility index (Phi) is 16.1. The van der Waals surface area contributed by atoms with Crippen LogP contribution >= 0.6 is 0 Å². The van der Waals surface area contributed by atoms with Crippen LogP contribution in [0.1, 0.15) is 119 Å². The minimum Gasteiger partial charge on any atom is -0.511 e. The van der Waals surface area contributed by atoms with Gasteiger partial charge in [-0.1, -0.05) is 70.8 Å². The Balaban J connectivity index is 2.00. The van der Waals surface area contributed by atoms with E-state index in [0.717, 1.165) is 22.3 Å². The maximum absolute atomic E-state index is 14.9. The Morgan fingerprint density at radius 1 is 0.540 bits per heavy atom. The largest absolute Gasteiger partial charge is 0.511 e. The number of benzene rings is 2. The lowest BCUT2D eigenvalue weighted by molar-refractivity contribution is -0.146. The van der Waals surface area contributed by atoms with Gasteiger partial charge in [0.05, 0.1) is 10.8 Å². The van der Waals surface area contributed by atoms with Crippen molar-refractivity contribution in [2.24, 2.45) is 22.7 Å². The molecular weight excluding hydrogens is 789 g/mol. The number of carbonyl (C=O) groups is 6. The monoisotopic (exact) mass is 852 g/mol. The van der Waals surface area contributed by atoms with Crippen LogP contribution in [0.4, 0.5) is 0 Å². The lowest BCUT2D eigenvalue weighted by atomic mass is 9.59. The SMILES string of the molecule is C=C(C)CCC1(CCC(=C)C)C(=O)C(C(=O)C=Cc2ccc(C)c(C)c2)C(=O)C(CC2=C(O)C(CCC(=C)C)(CCC(=C)C)C(=O)C(C(=O)C=Cc3ccc(C)c(C)c3)C2=O)=C1O. The van der Waals surface area contributed by atoms with E-state index in [1.165, 1.54) is 24.3 Å². The predicted molar refractivity (Wildman–Crippen MR) is 252 cm³/mol. The third-order valence-corrected chi connectivity index (χ3v) is 12.8. The van der Waals surface area contributed by atoms with Gasteiger partial charge in [-0.15, -0.1) is 26.3 Å². The van der Waals surface area contributed by atoms with E-state index < -0.39 is 86.5 Å². The molecule has 0 aromatic heterocycles. The van der Waals surface area contributed by atoms with Crippen molar-refractivity contribution in [3.05, 3.63) is 153 Å². The molecule has 2 aliphatic rings. The van der Waals surface area contributed by atoms with E-state index in [0.29, 0.717) is 33.4 Å². The maximum Gasteiger partial charge on any atom is 0.180 e. The molecule has 2 aromatic rings. The van der Waals surface area contributed by atoms with Crippen molar-refractivity contribution in [2.75, 3.05) is 0 Å². The summed E-state index contributed by atoms with van der Waals surface area (Å²) in [5.74, 6) is -10.2. The summed E-state index contributed by atoms with van der Waals surface area (Å²) >= 11 is 0. The standard InChI is InChI=1S/C55H64O8/c1-32(2)21-25-54(26-22-33(3)4)50(60)42(48(58)46(52(54)62)44(56)19-17-40-15-13-36(9)38(11)29-40)31-43-49(59)47(45(57)20-18-41-16-14-37(10)39(12)30-41)53(63)55(51(43)61,27-23-34(5)6)28-24-35(7)8/h13-20,29-30,46-47,60-61H,1,3,5,7,21-28,31H2,2,4,6,8-12H3. The third kappa shape index (κ3) is 11.0. The number of hydrogen-bond donors (Lipinski definition) is 2. The van der Waals surface area contributed by atoms with Crippen molar-refractivity contribution < 1.29 is 39.0 Å². The first-order valence-electron chi connectivity index (χ1n) is 21.7. The molecule has 0 aliphatic heterocycles. The molecule has 2 aromatic carbocycles. The van der Waals surface area contributed by atoms with Crippen molar-refractivity contribution in [1.29, 1.82) is 0 Å². The van der Waals surface area contributed by atoms with Gasteiger partial charge in [0.25, 0.3) is 0 Å². The van der Waals surface area contributed by atoms with Gasteiger partial charge in [-0.2, -0.15) is 0 Å². The average molecular weight is 853 g/mol. The van der Waals surface area contributed by atoms with E-state index in [1.807, 2.05) is 64.1 Å². The van der Waals surface area contributed by atoms with Crippen LogP contribution in [0.15, 0.2) is 120 Å². The van der Waals surface area contributed by atoms with Gasteiger partial charge < -0.3 is 10.2 Å². The molecule has 0 spiro atoms. The Labute approximate surface area is 373 Å². The molecule has 0 heterocycles. The summed E-state index contributed by atoms with van der Waals surface area (Å²) in [6, 6.07) is 11.2. The van der Waals surface area contributed by atoms with E-state index in [4.69, 9.17) is 0 Å². The van der Waals surface area contributed by atoms with Crippen molar-refractivity contribution in [1.82, 2.24) is 0 Å². The molecule has 2 unspecified atom stereocenters. The molecular formula is C55H64O8. The smallest absolute Gasteiger partial charge is 0.180 e. The quantitative estimate of drug-likeness (QED) is 0.0761. The fourth-order valence-corrected chi connectivity index (χ4v) is 8.43. The zero-order valence-electron chi connectivity index (χ0n) is 38.5. The van der Waals surface area contributed by atoms with Crippen LogP contribution in [0.25, 0.3) is 12.2 Å². The summed E-state index contributed by atoms with van der Waals surface area (Å²) in [7, 11) is 0. The fourth-order valence-electron chi connectivity index (χ4n) is 8.43.